The largest absolute Gasteiger partial charge is 0.482 e. The molecule has 0 aliphatic carbocycles. The van der Waals surface area contributed by atoms with Gasteiger partial charge in [-0.15, -0.1) is 0 Å². The summed E-state index contributed by atoms with van der Waals surface area (Å²) >= 11 is 0. The number of para-hydroxylation sites is 1. The molecule has 0 radical (unpaired) electrons. The molecular formula is C26H23N3O4. The molecule has 0 spiro atoms. The van der Waals surface area contributed by atoms with Gasteiger partial charge in [-0.2, -0.15) is 5.10 Å². The van der Waals surface area contributed by atoms with Gasteiger partial charge in [0.05, 0.1) is 17.9 Å². The molecule has 1 amide bonds. The summed E-state index contributed by atoms with van der Waals surface area (Å²) < 4.78 is 12.0. The molecule has 0 bridgehead atoms. The van der Waals surface area contributed by atoms with E-state index in [0.717, 1.165) is 11.3 Å². The van der Waals surface area contributed by atoms with Gasteiger partial charge in [0.1, 0.15) is 11.4 Å². The number of amides is 1. The summed E-state index contributed by atoms with van der Waals surface area (Å²) in [5, 5.41) is 7.57. The number of hydrogen-bond donors (Lipinski definition) is 1. The fraction of sp³-hybridized carbons (Fsp3) is 0.115. The summed E-state index contributed by atoms with van der Waals surface area (Å²) in [4.78, 5) is 24.8. The first-order valence-electron chi connectivity index (χ1n) is 10.5. The monoisotopic (exact) mass is 441 g/mol. The lowest BCUT2D eigenvalue weighted by atomic mass is 10.1. The van der Waals surface area contributed by atoms with Gasteiger partial charge in [0.25, 0.3) is 5.91 Å². The summed E-state index contributed by atoms with van der Waals surface area (Å²) in [6.45, 7) is 1.82. The van der Waals surface area contributed by atoms with Gasteiger partial charge < -0.3 is 14.8 Å². The Morgan fingerprint density at radius 1 is 0.939 bits per heavy atom. The molecule has 0 saturated heterocycles. The van der Waals surface area contributed by atoms with Gasteiger partial charge in [0.2, 0.25) is 0 Å². The SMILES string of the molecule is CCOC(=O)COc1cccc(NC(=O)c2cn(-c3ccccc3)nc2-c2ccccc2)c1. The Labute approximate surface area is 191 Å². The van der Waals surface area contributed by atoms with E-state index in [9.17, 15) is 9.59 Å². The molecule has 0 fully saturated rings. The molecule has 0 aliphatic rings. The van der Waals surface area contributed by atoms with Crippen LogP contribution < -0.4 is 10.1 Å². The molecule has 0 aliphatic heterocycles. The maximum absolute atomic E-state index is 13.2. The number of ether oxygens (including phenoxy) is 2. The fourth-order valence-electron chi connectivity index (χ4n) is 3.27. The number of hydrogen-bond acceptors (Lipinski definition) is 5. The molecule has 0 saturated carbocycles. The number of aromatic nitrogens is 2. The summed E-state index contributed by atoms with van der Waals surface area (Å²) in [5.74, 6) is -0.310. The van der Waals surface area contributed by atoms with Crippen molar-refractivity contribution in [1.82, 2.24) is 9.78 Å². The van der Waals surface area contributed by atoms with Gasteiger partial charge in [0, 0.05) is 23.5 Å². The van der Waals surface area contributed by atoms with E-state index in [-0.39, 0.29) is 12.5 Å². The lowest BCUT2D eigenvalue weighted by molar-refractivity contribution is -0.145. The number of rotatable bonds is 8. The molecule has 1 N–H and O–H groups in total. The third-order valence-electron chi connectivity index (χ3n) is 4.78. The highest BCUT2D eigenvalue weighted by Crippen LogP contribution is 2.25. The van der Waals surface area contributed by atoms with Crippen molar-refractivity contribution in [2.24, 2.45) is 0 Å². The van der Waals surface area contributed by atoms with Crippen LogP contribution in [0.1, 0.15) is 17.3 Å². The van der Waals surface area contributed by atoms with Crippen LogP contribution in [-0.4, -0.2) is 34.9 Å². The lowest BCUT2D eigenvalue weighted by Gasteiger charge is -2.09. The van der Waals surface area contributed by atoms with Crippen molar-refractivity contribution in [2.45, 2.75) is 6.92 Å². The predicted octanol–water partition coefficient (Wildman–Crippen LogP) is 4.73. The van der Waals surface area contributed by atoms with Crippen molar-refractivity contribution in [2.75, 3.05) is 18.5 Å². The standard InChI is InChI=1S/C26H23N3O4/c1-2-32-24(30)18-33-22-15-9-12-20(16-22)27-26(31)23-17-29(21-13-7-4-8-14-21)28-25(23)19-10-5-3-6-11-19/h3-17H,2,18H2,1H3,(H,27,31). The summed E-state index contributed by atoms with van der Waals surface area (Å²) in [7, 11) is 0. The zero-order chi connectivity index (χ0) is 23.0. The van der Waals surface area contributed by atoms with Gasteiger partial charge in [0.15, 0.2) is 6.61 Å². The summed E-state index contributed by atoms with van der Waals surface area (Å²) in [5.41, 5.74) is 3.23. The highest BCUT2D eigenvalue weighted by molar-refractivity contribution is 6.08. The molecule has 1 aromatic heterocycles. The first-order valence-corrected chi connectivity index (χ1v) is 10.5. The van der Waals surface area contributed by atoms with Gasteiger partial charge in [-0.05, 0) is 31.2 Å². The van der Waals surface area contributed by atoms with Gasteiger partial charge in [-0.1, -0.05) is 54.6 Å². The molecule has 0 unspecified atom stereocenters. The Morgan fingerprint density at radius 3 is 2.39 bits per heavy atom. The van der Waals surface area contributed by atoms with Crippen molar-refractivity contribution < 1.29 is 19.1 Å². The number of carbonyl (C=O) groups is 2. The summed E-state index contributed by atoms with van der Waals surface area (Å²) in [6.07, 6.45) is 1.72. The quantitative estimate of drug-likeness (QED) is 0.400. The average Bonchev–Trinajstić information content (AvgIpc) is 3.30. The Hall–Kier alpha value is -4.39. The molecule has 33 heavy (non-hydrogen) atoms. The van der Waals surface area contributed by atoms with Crippen LogP contribution in [0.15, 0.2) is 91.1 Å². The molecule has 1 heterocycles. The Bertz CT molecular complexity index is 1240. The Kier molecular flexibility index (Phi) is 6.80. The van der Waals surface area contributed by atoms with Gasteiger partial charge in [-0.25, -0.2) is 9.48 Å². The van der Waals surface area contributed by atoms with Crippen molar-refractivity contribution in [3.63, 3.8) is 0 Å². The van der Waals surface area contributed by atoms with E-state index in [0.29, 0.717) is 29.3 Å². The van der Waals surface area contributed by atoms with E-state index in [4.69, 9.17) is 9.47 Å². The smallest absolute Gasteiger partial charge is 0.344 e. The molecule has 7 nitrogen and oxygen atoms in total. The maximum Gasteiger partial charge on any atom is 0.344 e. The first kappa shape index (κ1) is 21.8. The molecule has 3 aromatic carbocycles. The minimum atomic E-state index is -0.451. The minimum Gasteiger partial charge on any atom is -0.482 e. The van der Waals surface area contributed by atoms with Crippen LogP contribution in [0.2, 0.25) is 0 Å². The number of benzene rings is 3. The van der Waals surface area contributed by atoms with Crippen molar-refractivity contribution >= 4 is 17.6 Å². The highest BCUT2D eigenvalue weighted by Gasteiger charge is 2.19. The number of nitrogens with one attached hydrogen (secondary N) is 1. The molecule has 7 heteroatoms. The summed E-state index contributed by atoms with van der Waals surface area (Å²) in [6, 6.07) is 26.0. The Morgan fingerprint density at radius 2 is 1.67 bits per heavy atom. The second kappa shape index (κ2) is 10.3. The van der Waals surface area contributed by atoms with E-state index >= 15 is 0 Å². The molecule has 166 valence electrons. The van der Waals surface area contributed by atoms with Gasteiger partial charge in [-0.3, -0.25) is 4.79 Å². The van der Waals surface area contributed by atoms with Crippen molar-refractivity contribution in [3.05, 3.63) is 96.7 Å². The van der Waals surface area contributed by atoms with E-state index in [1.54, 1.807) is 42.1 Å². The van der Waals surface area contributed by atoms with E-state index in [1.165, 1.54) is 0 Å². The van der Waals surface area contributed by atoms with Crippen LogP contribution in [-0.2, 0) is 9.53 Å². The van der Waals surface area contributed by atoms with E-state index in [1.807, 2.05) is 60.7 Å². The zero-order valence-corrected chi connectivity index (χ0v) is 18.1. The third-order valence-corrected chi connectivity index (χ3v) is 4.78. The number of nitrogens with zero attached hydrogens (tertiary/aromatic N) is 2. The van der Waals surface area contributed by atoms with Crippen LogP contribution in [0.5, 0.6) is 5.75 Å². The molecule has 0 atom stereocenters. The number of anilines is 1. The number of carbonyl (C=O) groups excluding carboxylic acids is 2. The number of esters is 1. The predicted molar refractivity (Wildman–Crippen MR) is 126 cm³/mol. The topological polar surface area (TPSA) is 82.5 Å². The van der Waals surface area contributed by atoms with Crippen molar-refractivity contribution in [3.8, 4) is 22.7 Å². The molecule has 4 aromatic rings. The van der Waals surface area contributed by atoms with Gasteiger partial charge >= 0.3 is 5.97 Å². The van der Waals surface area contributed by atoms with E-state index in [2.05, 4.69) is 10.4 Å². The highest BCUT2D eigenvalue weighted by atomic mass is 16.6. The average molecular weight is 441 g/mol. The maximum atomic E-state index is 13.2. The second-order valence-corrected chi connectivity index (χ2v) is 7.11. The lowest BCUT2D eigenvalue weighted by Crippen LogP contribution is -2.15. The Balaban J connectivity index is 1.58. The minimum absolute atomic E-state index is 0.201. The van der Waals surface area contributed by atoms with Crippen molar-refractivity contribution in [1.29, 1.82) is 0 Å². The van der Waals surface area contributed by atoms with Crippen LogP contribution in [0.25, 0.3) is 16.9 Å². The molecule has 4 rings (SSSR count). The van der Waals surface area contributed by atoms with E-state index < -0.39 is 5.97 Å². The third kappa shape index (κ3) is 5.46. The fourth-order valence-corrected chi connectivity index (χ4v) is 3.27. The normalized spacial score (nSPS) is 10.5. The first-order chi connectivity index (χ1) is 16.1. The molecular weight excluding hydrogens is 418 g/mol. The second-order valence-electron chi connectivity index (χ2n) is 7.11. The van der Waals surface area contributed by atoms with Crippen LogP contribution in [0, 0.1) is 0 Å². The van der Waals surface area contributed by atoms with Crippen LogP contribution in [0.3, 0.4) is 0 Å². The van der Waals surface area contributed by atoms with Crippen LogP contribution >= 0.6 is 0 Å². The van der Waals surface area contributed by atoms with Crippen LogP contribution in [0.4, 0.5) is 5.69 Å². The zero-order valence-electron chi connectivity index (χ0n) is 18.1.